The van der Waals surface area contributed by atoms with Crippen molar-refractivity contribution in [3.63, 3.8) is 0 Å². The number of anilines is 1. The van der Waals surface area contributed by atoms with Crippen molar-refractivity contribution in [2.24, 2.45) is 4.99 Å². The third kappa shape index (κ3) is 5.77. The molecule has 3 aromatic rings. The Hall–Kier alpha value is -3.61. The molecule has 0 bridgehead atoms. The zero-order chi connectivity index (χ0) is 28.4. The van der Waals surface area contributed by atoms with Crippen LogP contribution >= 0.6 is 15.9 Å². The molecule has 0 spiro atoms. The van der Waals surface area contributed by atoms with Crippen molar-refractivity contribution in [2.45, 2.75) is 50.1 Å². The van der Waals surface area contributed by atoms with Crippen molar-refractivity contribution >= 4 is 33.4 Å². The first kappa shape index (κ1) is 27.6. The second-order valence-corrected chi connectivity index (χ2v) is 11.9. The summed E-state index contributed by atoms with van der Waals surface area (Å²) in [7, 11) is 0. The maximum Gasteiger partial charge on any atom is 0.278 e. The van der Waals surface area contributed by atoms with E-state index in [4.69, 9.17) is 11.3 Å². The van der Waals surface area contributed by atoms with E-state index >= 15 is 0 Å². The minimum Gasteiger partial charge on any atom is -0.476 e. The summed E-state index contributed by atoms with van der Waals surface area (Å²) in [4.78, 5) is 30.8. The Labute approximate surface area is 248 Å². The summed E-state index contributed by atoms with van der Waals surface area (Å²) < 4.78 is 20.5. The van der Waals surface area contributed by atoms with Crippen LogP contribution in [0.1, 0.15) is 53.6 Å². The van der Waals surface area contributed by atoms with Gasteiger partial charge in [0.15, 0.2) is 0 Å². The lowest BCUT2D eigenvalue weighted by Gasteiger charge is -2.44. The van der Waals surface area contributed by atoms with E-state index in [-0.39, 0.29) is 6.04 Å². The molecule has 2 fully saturated rings. The fourth-order valence-corrected chi connectivity index (χ4v) is 6.50. The van der Waals surface area contributed by atoms with Crippen LogP contribution in [0.25, 0.3) is 4.85 Å². The number of likely N-dealkylation sites (tertiary alicyclic amines) is 1. The van der Waals surface area contributed by atoms with Gasteiger partial charge in [-0.2, -0.15) is 4.99 Å². The summed E-state index contributed by atoms with van der Waals surface area (Å²) in [6, 6.07) is 15.3. The third-order valence-electron chi connectivity index (χ3n) is 8.34. The predicted molar refractivity (Wildman–Crippen MR) is 160 cm³/mol. The fourth-order valence-electron chi connectivity index (χ4n) is 6.10. The quantitative estimate of drug-likeness (QED) is 0.287. The topological polar surface area (TPSA) is 62.4 Å². The van der Waals surface area contributed by atoms with Crippen molar-refractivity contribution in [3.05, 3.63) is 99.2 Å². The summed E-state index contributed by atoms with van der Waals surface area (Å²) in [6.45, 7) is 11.7. The smallest absolute Gasteiger partial charge is 0.278 e. The van der Waals surface area contributed by atoms with Gasteiger partial charge in [0.05, 0.1) is 24.6 Å². The summed E-state index contributed by atoms with van der Waals surface area (Å²) >= 11 is 3.54. The molecule has 1 saturated carbocycles. The molecular formula is C32H31BrFN5O2. The van der Waals surface area contributed by atoms with Gasteiger partial charge < -0.3 is 14.5 Å². The van der Waals surface area contributed by atoms with E-state index in [0.717, 1.165) is 40.9 Å². The van der Waals surface area contributed by atoms with Crippen LogP contribution in [0.4, 0.5) is 10.1 Å². The van der Waals surface area contributed by atoms with Crippen LogP contribution in [0, 0.1) is 12.4 Å². The molecule has 0 atom stereocenters. The second kappa shape index (κ2) is 11.7. The number of pyridine rings is 1. The molecule has 3 aliphatic rings. The molecule has 7 nitrogen and oxygen atoms in total. The molecule has 3 heterocycles. The van der Waals surface area contributed by atoms with Crippen molar-refractivity contribution < 1.29 is 13.9 Å². The number of piperidine rings is 1. The van der Waals surface area contributed by atoms with Gasteiger partial charge in [-0.1, -0.05) is 34.5 Å². The van der Waals surface area contributed by atoms with Gasteiger partial charge in [-0.15, -0.1) is 0 Å². The second-order valence-electron chi connectivity index (χ2n) is 11.0. The van der Waals surface area contributed by atoms with Crippen LogP contribution in [0.3, 0.4) is 0 Å². The lowest BCUT2D eigenvalue weighted by atomic mass is 9.68. The zero-order valence-electron chi connectivity index (χ0n) is 22.7. The van der Waals surface area contributed by atoms with Gasteiger partial charge >= 0.3 is 0 Å². The maximum absolute atomic E-state index is 13.5. The minimum absolute atomic E-state index is 0.0206. The molecular weight excluding hydrogens is 585 g/mol. The number of amides is 1. The Morgan fingerprint density at radius 2 is 1.93 bits per heavy atom. The lowest BCUT2D eigenvalue weighted by Crippen LogP contribution is -2.53. The Morgan fingerprint density at radius 1 is 1.15 bits per heavy atom. The van der Waals surface area contributed by atoms with Crippen molar-refractivity contribution in [2.75, 3.05) is 31.1 Å². The summed E-state index contributed by atoms with van der Waals surface area (Å²) in [6.07, 6.45) is 7.22. The highest BCUT2D eigenvalue weighted by Gasteiger charge is 2.56. The van der Waals surface area contributed by atoms with E-state index in [2.05, 4.69) is 40.6 Å². The number of aromatic nitrogens is 1. The molecule has 2 aliphatic heterocycles. The standard InChI is InChI=1S/C32H31BrFN5O2/c1-35-32(24-6-5-7-25(33)17-24)19-27(20-32)39-28-18-30(41-15-14-38-12-3-2-4-13-38)36-21-23(28)16-29(39)37-31(40)22-8-10-26(34)11-9-22/h5-11,17-18,21,27H,2-4,12-16,19-20H2. The third-order valence-corrected chi connectivity index (χ3v) is 8.83. The summed E-state index contributed by atoms with van der Waals surface area (Å²) in [5.74, 6) is 0.325. The minimum atomic E-state index is -0.635. The molecule has 0 N–H and O–H groups in total. The van der Waals surface area contributed by atoms with Gasteiger partial charge in [0.25, 0.3) is 11.4 Å². The Kier molecular flexibility index (Phi) is 7.87. The van der Waals surface area contributed by atoms with E-state index in [9.17, 15) is 9.18 Å². The predicted octanol–water partition coefficient (Wildman–Crippen LogP) is 6.43. The Bertz CT molecular complexity index is 1510. The van der Waals surface area contributed by atoms with Gasteiger partial charge in [0, 0.05) is 46.4 Å². The number of rotatable bonds is 7. The number of ether oxygens (including phenoxy) is 1. The zero-order valence-corrected chi connectivity index (χ0v) is 24.3. The number of hydrogen-bond acceptors (Lipinski definition) is 4. The normalized spacial score (nSPS) is 23.1. The molecule has 0 unspecified atom stereocenters. The molecule has 41 heavy (non-hydrogen) atoms. The first-order valence-corrected chi connectivity index (χ1v) is 14.9. The van der Waals surface area contributed by atoms with Gasteiger partial charge in [-0.25, -0.2) is 15.9 Å². The average molecular weight is 617 g/mol. The molecule has 1 aromatic heterocycles. The van der Waals surface area contributed by atoms with E-state index in [1.807, 2.05) is 30.3 Å². The highest BCUT2D eigenvalue weighted by atomic mass is 79.9. The van der Waals surface area contributed by atoms with Crippen molar-refractivity contribution in [1.82, 2.24) is 9.88 Å². The number of carbonyl (C=O) groups excluding carboxylic acids is 1. The number of fused-ring (bicyclic) bond motifs is 1. The van der Waals surface area contributed by atoms with Crippen LogP contribution in [0.15, 0.2) is 70.3 Å². The summed E-state index contributed by atoms with van der Waals surface area (Å²) in [5, 5.41) is 0. The number of hydrogen-bond donors (Lipinski definition) is 0. The van der Waals surface area contributed by atoms with E-state index in [0.29, 0.717) is 43.1 Å². The van der Waals surface area contributed by atoms with Gasteiger partial charge in [0.1, 0.15) is 18.3 Å². The lowest BCUT2D eigenvalue weighted by molar-refractivity contribution is 0.100. The first-order valence-electron chi connectivity index (χ1n) is 14.1. The number of carbonyl (C=O) groups is 1. The molecule has 1 saturated heterocycles. The van der Waals surface area contributed by atoms with Gasteiger partial charge in [-0.3, -0.25) is 9.69 Å². The van der Waals surface area contributed by atoms with Crippen LogP contribution in [0.5, 0.6) is 5.88 Å². The van der Waals surface area contributed by atoms with Crippen LogP contribution in [-0.2, 0) is 12.0 Å². The molecule has 1 aliphatic carbocycles. The monoisotopic (exact) mass is 615 g/mol. The molecule has 2 aromatic carbocycles. The van der Waals surface area contributed by atoms with Gasteiger partial charge in [0.2, 0.25) is 5.88 Å². The molecule has 6 rings (SSSR count). The van der Waals surface area contributed by atoms with Crippen LogP contribution in [-0.4, -0.2) is 53.9 Å². The Balaban J connectivity index is 1.26. The molecule has 210 valence electrons. The fraction of sp³-hybridized carbons (Fsp3) is 0.375. The van der Waals surface area contributed by atoms with Crippen molar-refractivity contribution in [3.8, 4) is 5.88 Å². The van der Waals surface area contributed by atoms with E-state index in [1.54, 1.807) is 6.20 Å². The van der Waals surface area contributed by atoms with E-state index in [1.165, 1.54) is 43.5 Å². The van der Waals surface area contributed by atoms with Crippen LogP contribution < -0.4 is 9.64 Å². The van der Waals surface area contributed by atoms with Crippen LogP contribution in [0.2, 0.25) is 0 Å². The molecule has 9 heteroatoms. The van der Waals surface area contributed by atoms with Gasteiger partial charge in [-0.05, 0) is 62.3 Å². The SMILES string of the molecule is [C-]#[N+]C1(c2cccc(Br)c2)CC(N2C(=NC(=O)c3ccc(F)cc3)Cc3cnc(OCCN4CCCCC4)cc32)C1. The van der Waals surface area contributed by atoms with Crippen molar-refractivity contribution in [1.29, 1.82) is 0 Å². The highest BCUT2D eigenvalue weighted by molar-refractivity contribution is 9.10. The molecule has 0 radical (unpaired) electrons. The number of benzene rings is 2. The number of halogens is 2. The average Bonchev–Trinajstić information content (AvgIpc) is 3.30. The molecule has 1 amide bonds. The highest BCUT2D eigenvalue weighted by Crippen LogP contribution is 2.50. The number of amidine groups is 1. The Morgan fingerprint density at radius 3 is 2.66 bits per heavy atom. The first-order chi connectivity index (χ1) is 19.9. The maximum atomic E-state index is 13.5. The summed E-state index contributed by atoms with van der Waals surface area (Å²) in [5.41, 5.74) is 2.55. The van der Waals surface area contributed by atoms with E-state index < -0.39 is 17.3 Å². The number of nitrogens with zero attached hydrogens (tertiary/aromatic N) is 5. The largest absolute Gasteiger partial charge is 0.476 e. The number of aliphatic imine (C=N–C) groups is 1.